The Balaban J connectivity index is 2.38. The van der Waals surface area contributed by atoms with Gasteiger partial charge in [0, 0.05) is 22.3 Å². The number of hydrogen-bond donors (Lipinski definition) is 1. The molecule has 0 amide bonds. The number of hydrogen-bond acceptors (Lipinski definition) is 3. The van der Waals surface area contributed by atoms with Gasteiger partial charge < -0.3 is 5.32 Å². The van der Waals surface area contributed by atoms with Crippen molar-refractivity contribution in [2.24, 2.45) is 0 Å². The summed E-state index contributed by atoms with van der Waals surface area (Å²) in [6.07, 6.45) is 0.521. The van der Waals surface area contributed by atoms with Crippen LogP contribution in [-0.4, -0.2) is 10.1 Å². The van der Waals surface area contributed by atoms with Crippen molar-refractivity contribution < 1.29 is 0 Å². The van der Waals surface area contributed by atoms with E-state index in [2.05, 4.69) is 27.3 Å². The molecule has 0 spiro atoms. The van der Waals surface area contributed by atoms with Crippen molar-refractivity contribution in [2.75, 3.05) is 11.1 Å². The van der Waals surface area contributed by atoms with Crippen LogP contribution < -0.4 is 5.32 Å². The van der Waals surface area contributed by atoms with Crippen molar-refractivity contribution in [3.05, 3.63) is 28.7 Å². The van der Waals surface area contributed by atoms with Gasteiger partial charge in [0.2, 0.25) is 0 Å². The first-order valence-electron chi connectivity index (χ1n) is 4.28. The molecule has 15 heavy (non-hydrogen) atoms. The molecule has 5 heteroatoms. The van der Waals surface area contributed by atoms with E-state index in [1.165, 1.54) is 11.8 Å². The maximum Gasteiger partial charge on any atom is 0.138 e. The number of nitrogens with zero attached hydrogens (tertiary/aromatic N) is 1. The van der Waals surface area contributed by atoms with Crippen LogP contribution in [-0.2, 0) is 0 Å². The molecule has 0 atom stereocenters. The third-order valence-corrected chi connectivity index (χ3v) is 3.29. The molecule has 0 bridgehead atoms. The summed E-state index contributed by atoms with van der Waals surface area (Å²) in [6, 6.07) is 9.87. The second kappa shape index (κ2) is 6.83. The lowest BCUT2D eigenvalue weighted by Crippen LogP contribution is -2.04. The van der Waals surface area contributed by atoms with Crippen LogP contribution in [0.25, 0.3) is 0 Å². The van der Waals surface area contributed by atoms with Gasteiger partial charge in [0.1, 0.15) is 4.32 Å². The number of anilines is 1. The molecule has 0 radical (unpaired) electrons. The monoisotopic (exact) mass is 300 g/mol. The maximum absolute atomic E-state index is 8.37. The molecule has 0 fully saturated rings. The van der Waals surface area contributed by atoms with E-state index in [9.17, 15) is 0 Å². The van der Waals surface area contributed by atoms with Gasteiger partial charge in [-0.2, -0.15) is 5.26 Å². The van der Waals surface area contributed by atoms with Gasteiger partial charge in [-0.15, -0.1) is 0 Å². The molecule has 2 nitrogen and oxygen atoms in total. The smallest absolute Gasteiger partial charge is 0.138 e. The SMILES string of the molecule is N#CCCSC(=S)Nc1ccc(Br)cc1. The Morgan fingerprint density at radius 2 is 2.13 bits per heavy atom. The molecular weight excluding hydrogens is 292 g/mol. The number of halogens is 1. The fourth-order valence-electron chi connectivity index (χ4n) is 0.877. The first-order chi connectivity index (χ1) is 7.22. The number of nitriles is 1. The highest BCUT2D eigenvalue weighted by atomic mass is 79.9. The molecule has 78 valence electrons. The van der Waals surface area contributed by atoms with Crippen molar-refractivity contribution in [3.8, 4) is 6.07 Å². The van der Waals surface area contributed by atoms with Crippen molar-refractivity contribution in [3.63, 3.8) is 0 Å². The average Bonchev–Trinajstić information content (AvgIpc) is 2.22. The van der Waals surface area contributed by atoms with Crippen LogP contribution in [0.15, 0.2) is 28.7 Å². The normalized spacial score (nSPS) is 9.33. The lowest BCUT2D eigenvalue weighted by atomic mass is 10.3. The Labute approximate surface area is 107 Å². The molecule has 0 aliphatic rings. The van der Waals surface area contributed by atoms with Crippen LogP contribution in [0.3, 0.4) is 0 Å². The first kappa shape index (κ1) is 12.5. The number of thiocarbonyl (C=S) groups is 1. The van der Waals surface area contributed by atoms with Gasteiger partial charge >= 0.3 is 0 Å². The molecule has 0 aliphatic heterocycles. The number of nitrogens with one attached hydrogen (secondary N) is 1. The van der Waals surface area contributed by atoms with E-state index in [4.69, 9.17) is 17.5 Å². The summed E-state index contributed by atoms with van der Waals surface area (Å²) in [5.74, 6) is 0.735. The zero-order valence-corrected chi connectivity index (χ0v) is 11.1. The van der Waals surface area contributed by atoms with Gasteiger partial charge in [0.25, 0.3) is 0 Å². The van der Waals surface area contributed by atoms with E-state index in [-0.39, 0.29) is 0 Å². The minimum atomic E-state index is 0.521. The summed E-state index contributed by atoms with van der Waals surface area (Å²) >= 11 is 9.96. The highest BCUT2D eigenvalue weighted by Gasteiger charge is 1.98. The predicted octanol–water partition coefficient (Wildman–Crippen LogP) is 3.79. The molecular formula is C10H9BrN2S2. The summed E-state index contributed by atoms with van der Waals surface area (Å²) in [4.78, 5) is 0. The third kappa shape index (κ3) is 5.17. The minimum Gasteiger partial charge on any atom is -0.341 e. The molecule has 0 saturated carbocycles. The molecule has 0 unspecified atom stereocenters. The van der Waals surface area contributed by atoms with Crippen LogP contribution >= 0.6 is 39.9 Å². The molecule has 1 rings (SSSR count). The number of benzene rings is 1. The Hall–Kier alpha value is -0.570. The molecule has 0 heterocycles. The summed E-state index contributed by atoms with van der Waals surface area (Å²) in [6.45, 7) is 0. The topological polar surface area (TPSA) is 35.8 Å². The summed E-state index contributed by atoms with van der Waals surface area (Å²) < 4.78 is 1.74. The predicted molar refractivity (Wildman–Crippen MR) is 73.1 cm³/mol. The standard InChI is InChI=1S/C10H9BrN2S2/c11-8-2-4-9(5-3-8)13-10(14)15-7-1-6-12/h2-5H,1,7H2,(H,13,14). The maximum atomic E-state index is 8.37. The Morgan fingerprint density at radius 1 is 1.47 bits per heavy atom. The zero-order valence-electron chi connectivity index (χ0n) is 7.87. The molecule has 1 aromatic rings. The molecule has 0 saturated heterocycles. The van der Waals surface area contributed by atoms with Crippen LogP contribution in [0.1, 0.15) is 6.42 Å². The van der Waals surface area contributed by atoms with Crippen molar-refractivity contribution in [2.45, 2.75) is 6.42 Å². The van der Waals surface area contributed by atoms with E-state index in [1.54, 1.807) is 0 Å². The fourth-order valence-corrected chi connectivity index (χ4v) is 2.08. The Bertz CT molecular complexity index is 370. The van der Waals surface area contributed by atoms with E-state index in [1.807, 2.05) is 24.3 Å². The summed E-state index contributed by atoms with van der Waals surface area (Å²) in [5.41, 5.74) is 0.965. The van der Waals surface area contributed by atoms with E-state index < -0.39 is 0 Å². The van der Waals surface area contributed by atoms with Crippen molar-refractivity contribution in [1.29, 1.82) is 5.26 Å². The van der Waals surface area contributed by atoms with Gasteiger partial charge in [-0.1, -0.05) is 39.9 Å². The summed E-state index contributed by atoms with van der Waals surface area (Å²) in [5, 5.41) is 11.5. The van der Waals surface area contributed by atoms with Gasteiger partial charge in [-0.3, -0.25) is 0 Å². The van der Waals surface area contributed by atoms with E-state index in [0.717, 1.165) is 15.9 Å². The highest BCUT2D eigenvalue weighted by molar-refractivity contribution is 9.10. The quantitative estimate of drug-likeness (QED) is 0.680. The lowest BCUT2D eigenvalue weighted by Gasteiger charge is -2.06. The minimum absolute atomic E-state index is 0.521. The largest absolute Gasteiger partial charge is 0.341 e. The number of thioether (sulfide) groups is 1. The van der Waals surface area contributed by atoms with Crippen LogP contribution in [0.2, 0.25) is 0 Å². The average molecular weight is 301 g/mol. The van der Waals surface area contributed by atoms with Gasteiger partial charge in [-0.05, 0) is 24.3 Å². The van der Waals surface area contributed by atoms with Gasteiger partial charge in [0.05, 0.1) is 6.07 Å². The molecule has 0 aromatic heterocycles. The van der Waals surface area contributed by atoms with E-state index in [0.29, 0.717) is 10.7 Å². The fraction of sp³-hybridized carbons (Fsp3) is 0.200. The molecule has 1 N–H and O–H groups in total. The van der Waals surface area contributed by atoms with Crippen LogP contribution in [0.5, 0.6) is 0 Å². The Kier molecular flexibility index (Phi) is 5.69. The van der Waals surface area contributed by atoms with Crippen molar-refractivity contribution in [1.82, 2.24) is 0 Å². The summed E-state index contributed by atoms with van der Waals surface area (Å²) in [7, 11) is 0. The highest BCUT2D eigenvalue weighted by Crippen LogP contribution is 2.16. The molecule has 0 aliphatic carbocycles. The van der Waals surface area contributed by atoms with Gasteiger partial charge in [-0.25, -0.2) is 0 Å². The van der Waals surface area contributed by atoms with E-state index >= 15 is 0 Å². The third-order valence-electron chi connectivity index (χ3n) is 1.54. The lowest BCUT2D eigenvalue weighted by molar-refractivity contribution is 1.25. The first-order valence-corrected chi connectivity index (χ1v) is 6.47. The second-order valence-electron chi connectivity index (χ2n) is 2.68. The second-order valence-corrected chi connectivity index (χ2v) is 5.36. The van der Waals surface area contributed by atoms with Crippen molar-refractivity contribution >= 4 is 49.9 Å². The van der Waals surface area contributed by atoms with Gasteiger partial charge in [0.15, 0.2) is 0 Å². The van der Waals surface area contributed by atoms with Crippen LogP contribution in [0, 0.1) is 11.3 Å². The zero-order chi connectivity index (χ0) is 11.1. The molecule has 1 aromatic carbocycles. The number of rotatable bonds is 3. The Morgan fingerprint density at radius 3 is 2.73 bits per heavy atom. The van der Waals surface area contributed by atoms with Crippen LogP contribution in [0.4, 0.5) is 5.69 Å².